The number of hydrogen-bond donors (Lipinski definition) is 1. The predicted molar refractivity (Wildman–Crippen MR) is 53.6 cm³/mol. The Morgan fingerprint density at radius 3 is 2.46 bits per heavy atom. The maximum atomic E-state index is 9.48. The quantitative estimate of drug-likeness (QED) is 0.719. The van der Waals surface area contributed by atoms with Gasteiger partial charge in [-0.15, -0.1) is 0 Å². The fraction of sp³-hybridized carbons (Fsp3) is 1.00. The minimum atomic E-state index is -0.0984. The van der Waals surface area contributed by atoms with E-state index in [1.807, 2.05) is 0 Å². The minimum absolute atomic E-state index is 0.0984. The topological polar surface area (TPSA) is 23.5 Å². The molecule has 2 nitrogen and oxygen atoms in total. The number of aliphatic hydroxyl groups excluding tert-OH is 1. The van der Waals surface area contributed by atoms with Crippen LogP contribution in [-0.4, -0.2) is 35.7 Å². The first-order chi connectivity index (χ1) is 6.24. The largest absolute Gasteiger partial charge is 0.392 e. The monoisotopic (exact) mass is 183 g/mol. The molecule has 1 heterocycles. The Morgan fingerprint density at radius 2 is 1.92 bits per heavy atom. The van der Waals surface area contributed by atoms with E-state index in [0.717, 1.165) is 13.0 Å². The van der Waals surface area contributed by atoms with Crippen molar-refractivity contribution in [3.05, 3.63) is 0 Å². The summed E-state index contributed by atoms with van der Waals surface area (Å²) in [6.45, 7) is 5.46. The van der Waals surface area contributed by atoms with Gasteiger partial charge in [-0.2, -0.15) is 0 Å². The van der Waals surface area contributed by atoms with Crippen LogP contribution in [0.25, 0.3) is 0 Å². The zero-order chi connectivity index (χ0) is 9.31. The van der Waals surface area contributed by atoms with Gasteiger partial charge < -0.3 is 5.11 Å². The van der Waals surface area contributed by atoms with E-state index >= 15 is 0 Å². The van der Waals surface area contributed by atoms with Crippen LogP contribution in [0.15, 0.2) is 0 Å². The van der Waals surface area contributed by atoms with Gasteiger partial charge in [-0.1, -0.05) is 19.8 Å². The summed E-state index contributed by atoms with van der Waals surface area (Å²) in [6.07, 6.45) is 6.54. The van der Waals surface area contributed by atoms with Gasteiger partial charge in [-0.25, -0.2) is 0 Å². The number of nitrogens with zero attached hydrogens (tertiary/aromatic N) is 1. The van der Waals surface area contributed by atoms with E-state index in [1.165, 1.54) is 38.8 Å². The highest BCUT2D eigenvalue weighted by Crippen LogP contribution is 2.45. The van der Waals surface area contributed by atoms with Gasteiger partial charge in [0.1, 0.15) is 0 Å². The van der Waals surface area contributed by atoms with Crippen molar-refractivity contribution in [2.24, 2.45) is 5.41 Å². The van der Waals surface area contributed by atoms with Crippen LogP contribution in [0.5, 0.6) is 0 Å². The smallest absolute Gasteiger partial charge is 0.0664 e. The minimum Gasteiger partial charge on any atom is -0.392 e. The second-order valence-corrected chi connectivity index (χ2v) is 4.94. The molecule has 76 valence electrons. The molecular weight excluding hydrogens is 162 g/mol. The van der Waals surface area contributed by atoms with Crippen molar-refractivity contribution in [3.8, 4) is 0 Å². The first kappa shape index (κ1) is 9.47. The predicted octanol–water partition coefficient (Wildman–Crippen LogP) is 1.63. The van der Waals surface area contributed by atoms with E-state index in [-0.39, 0.29) is 6.10 Å². The zero-order valence-corrected chi connectivity index (χ0v) is 8.63. The van der Waals surface area contributed by atoms with Crippen molar-refractivity contribution in [3.63, 3.8) is 0 Å². The van der Waals surface area contributed by atoms with Gasteiger partial charge in [-0.05, 0) is 24.7 Å². The number of rotatable bonds is 3. The summed E-state index contributed by atoms with van der Waals surface area (Å²) >= 11 is 0. The average molecular weight is 183 g/mol. The summed E-state index contributed by atoms with van der Waals surface area (Å²) in [6, 6.07) is 0. The third kappa shape index (κ3) is 1.89. The van der Waals surface area contributed by atoms with E-state index < -0.39 is 0 Å². The molecule has 1 spiro atoms. The fourth-order valence-corrected chi connectivity index (χ4v) is 2.90. The molecule has 0 bridgehead atoms. The SMILES string of the molecule is CC[C@H](O)CN1CC2(CCCC2)C1. The van der Waals surface area contributed by atoms with E-state index in [9.17, 15) is 5.11 Å². The molecule has 2 heteroatoms. The van der Waals surface area contributed by atoms with Gasteiger partial charge in [0.15, 0.2) is 0 Å². The van der Waals surface area contributed by atoms with Crippen molar-refractivity contribution < 1.29 is 5.11 Å². The first-order valence-corrected chi connectivity index (χ1v) is 5.64. The summed E-state index contributed by atoms with van der Waals surface area (Å²) in [7, 11) is 0. The average Bonchev–Trinajstić information content (AvgIpc) is 2.52. The Bertz CT molecular complexity index is 167. The molecule has 1 aliphatic carbocycles. The molecule has 1 atom stereocenters. The van der Waals surface area contributed by atoms with E-state index in [2.05, 4.69) is 11.8 Å². The third-order valence-corrected chi connectivity index (χ3v) is 3.72. The second-order valence-electron chi connectivity index (χ2n) is 4.94. The van der Waals surface area contributed by atoms with Gasteiger partial charge in [0, 0.05) is 19.6 Å². The lowest BCUT2D eigenvalue weighted by Crippen LogP contribution is -2.56. The van der Waals surface area contributed by atoms with Gasteiger partial charge >= 0.3 is 0 Å². The van der Waals surface area contributed by atoms with Crippen molar-refractivity contribution in [1.29, 1.82) is 0 Å². The lowest BCUT2D eigenvalue weighted by molar-refractivity contribution is -0.0238. The summed E-state index contributed by atoms with van der Waals surface area (Å²) in [4.78, 5) is 2.42. The number of likely N-dealkylation sites (tertiary alicyclic amines) is 1. The zero-order valence-electron chi connectivity index (χ0n) is 8.63. The maximum Gasteiger partial charge on any atom is 0.0664 e. The standard InChI is InChI=1S/C11H21NO/c1-2-10(13)7-12-8-11(9-12)5-3-4-6-11/h10,13H,2-9H2,1H3/t10-/m0/s1. The molecule has 0 unspecified atom stereocenters. The highest BCUT2D eigenvalue weighted by molar-refractivity contribution is 4.98. The highest BCUT2D eigenvalue weighted by atomic mass is 16.3. The van der Waals surface area contributed by atoms with Crippen LogP contribution in [0.3, 0.4) is 0 Å². The third-order valence-electron chi connectivity index (χ3n) is 3.72. The molecule has 1 saturated heterocycles. The molecule has 1 N–H and O–H groups in total. The van der Waals surface area contributed by atoms with Gasteiger partial charge in [0.2, 0.25) is 0 Å². The second kappa shape index (κ2) is 3.58. The molecule has 0 aromatic rings. The first-order valence-electron chi connectivity index (χ1n) is 5.64. The van der Waals surface area contributed by atoms with Gasteiger partial charge in [0.05, 0.1) is 6.10 Å². The highest BCUT2D eigenvalue weighted by Gasteiger charge is 2.44. The van der Waals surface area contributed by atoms with Crippen molar-refractivity contribution in [1.82, 2.24) is 4.90 Å². The van der Waals surface area contributed by atoms with Crippen LogP contribution < -0.4 is 0 Å². The number of β-amino-alcohol motifs (C(OH)–C–C–N with tert-alkyl or cyclic N) is 1. The Hall–Kier alpha value is -0.0800. The molecular formula is C11H21NO. The summed E-state index contributed by atoms with van der Waals surface area (Å²) < 4.78 is 0. The van der Waals surface area contributed by atoms with Crippen LogP contribution in [0, 0.1) is 5.41 Å². The van der Waals surface area contributed by atoms with Gasteiger partial charge in [0.25, 0.3) is 0 Å². The van der Waals surface area contributed by atoms with Crippen molar-refractivity contribution in [2.75, 3.05) is 19.6 Å². The molecule has 2 fully saturated rings. The van der Waals surface area contributed by atoms with E-state index in [0.29, 0.717) is 5.41 Å². The van der Waals surface area contributed by atoms with Crippen LogP contribution >= 0.6 is 0 Å². The van der Waals surface area contributed by atoms with Crippen LogP contribution in [0.4, 0.5) is 0 Å². The van der Waals surface area contributed by atoms with Crippen LogP contribution in [-0.2, 0) is 0 Å². The summed E-state index contributed by atoms with van der Waals surface area (Å²) in [5, 5.41) is 9.48. The molecule has 1 aliphatic heterocycles. The lowest BCUT2D eigenvalue weighted by atomic mass is 9.78. The van der Waals surface area contributed by atoms with Crippen molar-refractivity contribution >= 4 is 0 Å². The van der Waals surface area contributed by atoms with E-state index in [1.54, 1.807) is 0 Å². The molecule has 2 rings (SSSR count). The molecule has 2 aliphatic rings. The van der Waals surface area contributed by atoms with Crippen LogP contribution in [0.1, 0.15) is 39.0 Å². The number of hydrogen-bond acceptors (Lipinski definition) is 2. The number of aliphatic hydroxyl groups is 1. The molecule has 13 heavy (non-hydrogen) atoms. The normalized spacial score (nSPS) is 29.1. The summed E-state index contributed by atoms with van der Waals surface area (Å²) in [5.74, 6) is 0. The maximum absolute atomic E-state index is 9.48. The Kier molecular flexibility index (Phi) is 2.61. The molecule has 0 amide bonds. The molecule has 0 aromatic carbocycles. The molecule has 0 radical (unpaired) electrons. The fourth-order valence-electron chi connectivity index (χ4n) is 2.90. The Morgan fingerprint density at radius 1 is 1.31 bits per heavy atom. The van der Waals surface area contributed by atoms with Crippen LogP contribution in [0.2, 0.25) is 0 Å². The lowest BCUT2D eigenvalue weighted by Gasteiger charge is -2.49. The molecule has 1 saturated carbocycles. The van der Waals surface area contributed by atoms with Gasteiger partial charge in [-0.3, -0.25) is 4.90 Å². The summed E-state index contributed by atoms with van der Waals surface area (Å²) in [5.41, 5.74) is 0.688. The Labute approximate surface area is 80.9 Å². The molecule has 0 aromatic heterocycles. The van der Waals surface area contributed by atoms with E-state index in [4.69, 9.17) is 0 Å². The Balaban J connectivity index is 1.71. The van der Waals surface area contributed by atoms with Crippen molar-refractivity contribution in [2.45, 2.75) is 45.1 Å².